The van der Waals surface area contributed by atoms with E-state index < -0.39 is 0 Å². The number of piperazine rings is 1. The maximum atomic E-state index is 11.9. The van der Waals surface area contributed by atoms with Crippen molar-refractivity contribution >= 4 is 17.6 Å². The molecule has 0 radical (unpaired) electrons. The van der Waals surface area contributed by atoms with Crippen molar-refractivity contribution < 1.29 is 4.79 Å². The molecule has 1 aliphatic rings. The topological polar surface area (TPSA) is 94.2 Å². The first-order chi connectivity index (χ1) is 8.66. The van der Waals surface area contributed by atoms with Gasteiger partial charge in [-0.25, -0.2) is 4.79 Å². The molecule has 0 unspecified atom stereocenters. The van der Waals surface area contributed by atoms with Crippen molar-refractivity contribution in [3.05, 3.63) is 29.8 Å². The van der Waals surface area contributed by atoms with Crippen LogP contribution in [0.1, 0.15) is 5.56 Å². The van der Waals surface area contributed by atoms with Crippen LogP contribution in [0.25, 0.3) is 0 Å². The lowest BCUT2D eigenvalue weighted by Crippen LogP contribution is -2.48. The number of nitrogens with one attached hydrogen (secondary N) is 3. The predicted octanol–water partition coefficient (Wildman–Crippen LogP) is 0.408. The van der Waals surface area contributed by atoms with Gasteiger partial charge in [0, 0.05) is 37.4 Å². The Labute approximate surface area is 106 Å². The molecule has 1 fully saturated rings. The summed E-state index contributed by atoms with van der Waals surface area (Å²) in [6, 6.07) is 6.84. The van der Waals surface area contributed by atoms with Crippen molar-refractivity contribution in [3.63, 3.8) is 0 Å². The number of hydrogen-bond acceptors (Lipinski definition) is 3. The minimum atomic E-state index is -0.0907. The number of anilines is 1. The zero-order chi connectivity index (χ0) is 13.0. The molecule has 1 aromatic rings. The van der Waals surface area contributed by atoms with Crippen molar-refractivity contribution in [2.75, 3.05) is 31.5 Å². The molecule has 0 saturated carbocycles. The van der Waals surface area contributed by atoms with E-state index in [9.17, 15) is 4.79 Å². The highest BCUT2D eigenvalue weighted by atomic mass is 16.2. The van der Waals surface area contributed by atoms with Crippen LogP contribution < -0.4 is 16.4 Å². The van der Waals surface area contributed by atoms with Crippen LogP contribution in [-0.4, -0.2) is 42.9 Å². The molecule has 6 heteroatoms. The summed E-state index contributed by atoms with van der Waals surface area (Å²) in [5, 5.41) is 13.3. The van der Waals surface area contributed by atoms with Crippen LogP contribution in [0.5, 0.6) is 0 Å². The van der Waals surface area contributed by atoms with Gasteiger partial charge in [-0.15, -0.1) is 0 Å². The van der Waals surface area contributed by atoms with Gasteiger partial charge >= 0.3 is 6.03 Å². The Bertz CT molecular complexity index is 436. The third-order valence-electron chi connectivity index (χ3n) is 2.85. The van der Waals surface area contributed by atoms with Crippen LogP contribution in [-0.2, 0) is 0 Å². The van der Waals surface area contributed by atoms with E-state index in [1.165, 1.54) is 0 Å². The van der Waals surface area contributed by atoms with E-state index in [-0.39, 0.29) is 11.9 Å². The van der Waals surface area contributed by atoms with E-state index in [2.05, 4.69) is 10.6 Å². The largest absolute Gasteiger partial charge is 0.384 e. The lowest BCUT2D eigenvalue weighted by Gasteiger charge is -2.27. The highest BCUT2D eigenvalue weighted by Crippen LogP contribution is 2.10. The van der Waals surface area contributed by atoms with Gasteiger partial charge in [0.25, 0.3) is 0 Å². The van der Waals surface area contributed by atoms with Gasteiger partial charge in [-0.1, -0.05) is 0 Å². The zero-order valence-corrected chi connectivity index (χ0v) is 10.1. The first-order valence-corrected chi connectivity index (χ1v) is 5.88. The first kappa shape index (κ1) is 12.4. The second kappa shape index (κ2) is 5.50. The summed E-state index contributed by atoms with van der Waals surface area (Å²) in [5.74, 6) is 0.0231. The highest BCUT2D eigenvalue weighted by Gasteiger charge is 2.15. The Morgan fingerprint density at radius 3 is 2.44 bits per heavy atom. The fraction of sp³-hybridized carbons (Fsp3) is 0.333. The molecule has 1 aliphatic heterocycles. The van der Waals surface area contributed by atoms with Crippen LogP contribution in [0, 0.1) is 5.41 Å². The quantitative estimate of drug-likeness (QED) is 0.450. The average Bonchev–Trinajstić information content (AvgIpc) is 2.40. The molecule has 6 nitrogen and oxygen atoms in total. The van der Waals surface area contributed by atoms with Crippen molar-refractivity contribution in [1.29, 1.82) is 5.41 Å². The van der Waals surface area contributed by atoms with Gasteiger partial charge in [-0.05, 0) is 24.3 Å². The Morgan fingerprint density at radius 1 is 1.28 bits per heavy atom. The summed E-state index contributed by atoms with van der Waals surface area (Å²) >= 11 is 0. The third-order valence-corrected chi connectivity index (χ3v) is 2.85. The van der Waals surface area contributed by atoms with Crippen LogP contribution in [0.15, 0.2) is 24.3 Å². The van der Waals surface area contributed by atoms with E-state index in [4.69, 9.17) is 11.1 Å². The molecule has 0 bridgehead atoms. The Morgan fingerprint density at radius 2 is 1.89 bits per heavy atom. The minimum absolute atomic E-state index is 0.0231. The number of carbonyl (C=O) groups excluding carboxylic acids is 1. The number of rotatable bonds is 2. The number of nitrogens with two attached hydrogens (primary N) is 1. The van der Waals surface area contributed by atoms with E-state index in [0.29, 0.717) is 11.3 Å². The molecule has 1 heterocycles. The minimum Gasteiger partial charge on any atom is -0.384 e. The zero-order valence-electron chi connectivity index (χ0n) is 10.1. The number of nitrogen functional groups attached to an aromatic ring is 1. The molecule has 2 rings (SSSR count). The second-order valence-corrected chi connectivity index (χ2v) is 4.16. The third kappa shape index (κ3) is 2.98. The van der Waals surface area contributed by atoms with Crippen LogP contribution >= 0.6 is 0 Å². The normalized spacial score (nSPS) is 15.2. The van der Waals surface area contributed by atoms with Gasteiger partial charge in [0.1, 0.15) is 5.84 Å². The van der Waals surface area contributed by atoms with Crippen LogP contribution in [0.3, 0.4) is 0 Å². The molecule has 0 spiro atoms. The van der Waals surface area contributed by atoms with Gasteiger partial charge in [0.2, 0.25) is 0 Å². The summed E-state index contributed by atoms with van der Waals surface area (Å²) in [7, 11) is 0. The smallest absolute Gasteiger partial charge is 0.321 e. The predicted molar refractivity (Wildman–Crippen MR) is 70.9 cm³/mol. The molecular weight excluding hydrogens is 230 g/mol. The monoisotopic (exact) mass is 247 g/mol. The van der Waals surface area contributed by atoms with Gasteiger partial charge in [0.15, 0.2) is 0 Å². The summed E-state index contributed by atoms with van der Waals surface area (Å²) in [5.41, 5.74) is 6.72. The number of amides is 2. The van der Waals surface area contributed by atoms with Gasteiger partial charge in [-0.2, -0.15) is 0 Å². The number of hydrogen-bond donors (Lipinski definition) is 4. The standard InChI is InChI=1S/C12H17N5O/c13-11(14)9-1-3-10(4-2-9)16-12(18)17-7-5-15-6-8-17/h1-4,15H,5-8H2,(H3,13,14)(H,16,18). The molecule has 0 atom stereocenters. The molecule has 5 N–H and O–H groups in total. The van der Waals surface area contributed by atoms with Crippen molar-refractivity contribution in [3.8, 4) is 0 Å². The molecule has 0 aliphatic carbocycles. The maximum Gasteiger partial charge on any atom is 0.321 e. The van der Waals surface area contributed by atoms with E-state index in [0.717, 1.165) is 26.2 Å². The molecule has 96 valence electrons. The van der Waals surface area contributed by atoms with Crippen molar-refractivity contribution in [2.45, 2.75) is 0 Å². The average molecular weight is 247 g/mol. The van der Waals surface area contributed by atoms with Crippen molar-refractivity contribution in [1.82, 2.24) is 10.2 Å². The number of nitrogens with zero attached hydrogens (tertiary/aromatic N) is 1. The van der Waals surface area contributed by atoms with Crippen LogP contribution in [0.2, 0.25) is 0 Å². The van der Waals surface area contributed by atoms with Crippen molar-refractivity contribution in [2.24, 2.45) is 5.73 Å². The lowest BCUT2D eigenvalue weighted by molar-refractivity contribution is 0.204. The van der Waals surface area contributed by atoms with E-state index >= 15 is 0 Å². The SMILES string of the molecule is N=C(N)c1ccc(NC(=O)N2CCNCC2)cc1. The fourth-order valence-corrected chi connectivity index (χ4v) is 1.80. The van der Waals surface area contributed by atoms with Gasteiger partial charge in [0.05, 0.1) is 0 Å². The molecule has 1 saturated heterocycles. The Kier molecular flexibility index (Phi) is 3.78. The molecule has 2 amide bonds. The Balaban J connectivity index is 1.96. The molecule has 18 heavy (non-hydrogen) atoms. The summed E-state index contributed by atoms with van der Waals surface area (Å²) in [6.45, 7) is 3.10. The molecule has 1 aromatic carbocycles. The fourth-order valence-electron chi connectivity index (χ4n) is 1.80. The lowest BCUT2D eigenvalue weighted by atomic mass is 10.2. The summed E-state index contributed by atoms with van der Waals surface area (Å²) in [4.78, 5) is 13.7. The van der Waals surface area contributed by atoms with Crippen LogP contribution in [0.4, 0.5) is 10.5 Å². The van der Waals surface area contributed by atoms with Gasteiger partial charge in [-0.3, -0.25) is 5.41 Å². The maximum absolute atomic E-state index is 11.9. The van der Waals surface area contributed by atoms with E-state index in [1.54, 1.807) is 29.2 Å². The summed E-state index contributed by atoms with van der Waals surface area (Å²) in [6.07, 6.45) is 0. The molecular formula is C12H17N5O. The first-order valence-electron chi connectivity index (χ1n) is 5.88. The van der Waals surface area contributed by atoms with Gasteiger partial charge < -0.3 is 21.3 Å². The number of urea groups is 1. The second-order valence-electron chi connectivity index (χ2n) is 4.16. The number of carbonyl (C=O) groups is 1. The summed E-state index contributed by atoms with van der Waals surface area (Å²) < 4.78 is 0. The Hall–Kier alpha value is -2.08. The highest BCUT2D eigenvalue weighted by molar-refractivity contribution is 5.96. The number of amidine groups is 1. The molecule has 0 aromatic heterocycles. The number of benzene rings is 1. The van der Waals surface area contributed by atoms with E-state index in [1.807, 2.05) is 0 Å².